The second-order valence-corrected chi connectivity index (χ2v) is 9.00. The molecule has 0 radical (unpaired) electrons. The van der Waals surface area contributed by atoms with Crippen molar-refractivity contribution in [3.63, 3.8) is 0 Å². The molecule has 0 saturated carbocycles. The molecule has 0 aromatic heterocycles. The average Bonchev–Trinajstić information content (AvgIpc) is 3.33. The van der Waals surface area contributed by atoms with Gasteiger partial charge in [-0.05, 0) is 55.2 Å². The van der Waals surface area contributed by atoms with Gasteiger partial charge in [-0.25, -0.2) is 8.42 Å². The highest BCUT2D eigenvalue weighted by atomic mass is 32.2. The maximum Gasteiger partial charge on any atom is 0.252 e. The van der Waals surface area contributed by atoms with Crippen molar-refractivity contribution in [3.8, 4) is 17.6 Å². The summed E-state index contributed by atoms with van der Waals surface area (Å²) >= 11 is 0. The Labute approximate surface area is 184 Å². The number of sulfonamides is 1. The summed E-state index contributed by atoms with van der Waals surface area (Å²) in [5, 5.41) is 2.70. The van der Waals surface area contributed by atoms with Gasteiger partial charge in [0, 0.05) is 18.7 Å². The second kappa shape index (κ2) is 10.8. The minimum atomic E-state index is -3.48. The summed E-state index contributed by atoms with van der Waals surface area (Å²) in [4.78, 5) is 12.5. The van der Waals surface area contributed by atoms with Crippen LogP contribution in [0.4, 0.5) is 0 Å². The van der Waals surface area contributed by atoms with Crippen LogP contribution >= 0.6 is 0 Å². The maximum atomic E-state index is 12.5. The third kappa shape index (κ3) is 5.97. The van der Waals surface area contributed by atoms with E-state index in [1.54, 1.807) is 0 Å². The van der Waals surface area contributed by atoms with Crippen molar-refractivity contribution in [2.75, 3.05) is 26.2 Å². The average molecular weight is 439 g/mol. The number of nitrogens with one attached hydrogen (secondary N) is 1. The van der Waals surface area contributed by atoms with Gasteiger partial charge in [-0.3, -0.25) is 4.79 Å². The lowest BCUT2D eigenvalue weighted by molar-refractivity contribution is 0.0958. The quantitative estimate of drug-likeness (QED) is 0.508. The fraction of sp³-hybridized carbons (Fsp3) is 0.292. The van der Waals surface area contributed by atoms with Crippen LogP contribution in [0.5, 0.6) is 5.75 Å². The van der Waals surface area contributed by atoms with Crippen LogP contribution in [0.15, 0.2) is 66.1 Å². The molecule has 7 heteroatoms. The number of carbonyl (C=O) groups is 1. The van der Waals surface area contributed by atoms with E-state index in [4.69, 9.17) is 4.74 Å². The highest BCUT2D eigenvalue weighted by Gasteiger charge is 2.27. The van der Waals surface area contributed by atoms with E-state index in [9.17, 15) is 13.2 Å². The SMILES string of the molecule is C=CCc1ccccc1OCC#CCNC(=O)c1ccc(S(=O)(=O)N2CCCC2)cc1. The molecule has 0 spiro atoms. The molecule has 1 N–H and O–H groups in total. The Bertz CT molecular complexity index is 1080. The van der Waals surface area contributed by atoms with Gasteiger partial charge < -0.3 is 10.1 Å². The van der Waals surface area contributed by atoms with E-state index in [2.05, 4.69) is 23.7 Å². The number of hydrogen-bond acceptors (Lipinski definition) is 4. The van der Waals surface area contributed by atoms with E-state index in [1.807, 2.05) is 30.3 Å². The number of para-hydroxylation sites is 1. The van der Waals surface area contributed by atoms with E-state index in [-0.39, 0.29) is 24.0 Å². The van der Waals surface area contributed by atoms with Crippen molar-refractivity contribution in [2.24, 2.45) is 0 Å². The number of amides is 1. The summed E-state index contributed by atoms with van der Waals surface area (Å²) < 4.78 is 32.2. The van der Waals surface area contributed by atoms with E-state index >= 15 is 0 Å². The molecule has 0 bridgehead atoms. The molecular formula is C24H26N2O4S. The molecule has 1 aliphatic heterocycles. The van der Waals surface area contributed by atoms with Crippen LogP contribution in [0.1, 0.15) is 28.8 Å². The minimum absolute atomic E-state index is 0.171. The van der Waals surface area contributed by atoms with E-state index in [0.717, 1.165) is 30.6 Å². The van der Waals surface area contributed by atoms with Crippen molar-refractivity contribution in [1.29, 1.82) is 0 Å². The molecule has 162 valence electrons. The lowest BCUT2D eigenvalue weighted by Gasteiger charge is -2.15. The van der Waals surface area contributed by atoms with Crippen molar-refractivity contribution < 1.29 is 17.9 Å². The number of allylic oxidation sites excluding steroid dienone is 1. The molecule has 2 aromatic carbocycles. The smallest absolute Gasteiger partial charge is 0.252 e. The molecule has 0 unspecified atom stereocenters. The number of hydrogen-bond donors (Lipinski definition) is 1. The van der Waals surface area contributed by atoms with Gasteiger partial charge in [0.25, 0.3) is 5.91 Å². The predicted molar refractivity (Wildman–Crippen MR) is 120 cm³/mol. The van der Waals surface area contributed by atoms with Crippen molar-refractivity contribution in [2.45, 2.75) is 24.2 Å². The number of ether oxygens (including phenoxy) is 1. The number of carbonyl (C=O) groups excluding carboxylic acids is 1. The van der Waals surface area contributed by atoms with Crippen LogP contribution in [-0.2, 0) is 16.4 Å². The Morgan fingerprint density at radius 2 is 1.81 bits per heavy atom. The van der Waals surface area contributed by atoms with Crippen LogP contribution in [0.2, 0.25) is 0 Å². The van der Waals surface area contributed by atoms with Gasteiger partial charge in [0.1, 0.15) is 12.4 Å². The first-order valence-electron chi connectivity index (χ1n) is 10.2. The van der Waals surface area contributed by atoms with Gasteiger partial charge >= 0.3 is 0 Å². The third-order valence-electron chi connectivity index (χ3n) is 4.92. The molecule has 0 atom stereocenters. The van der Waals surface area contributed by atoms with Gasteiger partial charge in [-0.15, -0.1) is 6.58 Å². The van der Waals surface area contributed by atoms with Gasteiger partial charge in [0.05, 0.1) is 11.4 Å². The summed E-state index contributed by atoms with van der Waals surface area (Å²) in [6, 6.07) is 13.7. The van der Waals surface area contributed by atoms with Crippen LogP contribution in [0, 0.1) is 11.8 Å². The van der Waals surface area contributed by atoms with E-state index < -0.39 is 10.0 Å². The van der Waals surface area contributed by atoms with Gasteiger partial charge in [-0.1, -0.05) is 36.1 Å². The second-order valence-electron chi connectivity index (χ2n) is 7.06. The first-order valence-corrected chi connectivity index (χ1v) is 11.6. The molecule has 31 heavy (non-hydrogen) atoms. The Balaban J connectivity index is 1.48. The Morgan fingerprint density at radius 1 is 1.10 bits per heavy atom. The number of nitrogens with zero attached hydrogens (tertiary/aromatic N) is 1. The summed E-state index contributed by atoms with van der Waals surface area (Å²) in [5.74, 6) is 6.18. The summed E-state index contributed by atoms with van der Waals surface area (Å²) in [6.07, 6.45) is 4.30. The van der Waals surface area contributed by atoms with E-state index in [1.165, 1.54) is 28.6 Å². The van der Waals surface area contributed by atoms with Crippen LogP contribution < -0.4 is 10.1 Å². The van der Waals surface area contributed by atoms with Crippen molar-refractivity contribution in [3.05, 3.63) is 72.3 Å². The minimum Gasteiger partial charge on any atom is -0.481 e. The monoisotopic (exact) mass is 438 g/mol. The van der Waals surface area contributed by atoms with Crippen molar-refractivity contribution in [1.82, 2.24) is 9.62 Å². The summed E-state index contributed by atoms with van der Waals surface area (Å²) in [7, 11) is -3.48. The van der Waals surface area contributed by atoms with E-state index in [0.29, 0.717) is 18.7 Å². The summed E-state index contributed by atoms with van der Waals surface area (Å²) in [6.45, 7) is 5.22. The van der Waals surface area contributed by atoms with Crippen molar-refractivity contribution >= 4 is 15.9 Å². The van der Waals surface area contributed by atoms with Crippen LogP contribution in [-0.4, -0.2) is 44.9 Å². The molecule has 1 heterocycles. The first kappa shape index (κ1) is 22.6. The van der Waals surface area contributed by atoms with Crippen LogP contribution in [0.3, 0.4) is 0 Å². The molecule has 3 rings (SSSR count). The van der Waals surface area contributed by atoms with Gasteiger partial charge in [0.2, 0.25) is 10.0 Å². The molecule has 6 nitrogen and oxygen atoms in total. The first-order chi connectivity index (χ1) is 15.0. The zero-order chi connectivity index (χ0) is 22.1. The highest BCUT2D eigenvalue weighted by molar-refractivity contribution is 7.89. The largest absolute Gasteiger partial charge is 0.481 e. The topological polar surface area (TPSA) is 75.7 Å². The zero-order valence-electron chi connectivity index (χ0n) is 17.3. The Kier molecular flexibility index (Phi) is 7.88. The molecule has 1 amide bonds. The van der Waals surface area contributed by atoms with Gasteiger partial charge in [0.15, 0.2) is 0 Å². The standard InChI is InChI=1S/C24H26N2O4S/c1-2-9-20-10-3-4-11-23(20)30-19-8-5-16-25-24(27)21-12-14-22(15-13-21)31(28,29)26-17-6-7-18-26/h2-4,10-15H,1,6-7,9,16-19H2,(H,25,27). The third-order valence-corrected chi connectivity index (χ3v) is 6.83. The normalized spacial score (nSPS) is 13.8. The maximum absolute atomic E-state index is 12.5. The molecule has 1 aliphatic rings. The molecule has 1 saturated heterocycles. The number of benzene rings is 2. The predicted octanol–water partition coefficient (Wildman–Crippen LogP) is 3.01. The summed E-state index contributed by atoms with van der Waals surface area (Å²) in [5.41, 5.74) is 1.43. The van der Waals surface area contributed by atoms with Crippen LogP contribution in [0.25, 0.3) is 0 Å². The zero-order valence-corrected chi connectivity index (χ0v) is 18.2. The lowest BCUT2D eigenvalue weighted by atomic mass is 10.1. The Morgan fingerprint density at radius 3 is 2.52 bits per heavy atom. The fourth-order valence-electron chi connectivity index (χ4n) is 3.28. The number of rotatable bonds is 8. The lowest BCUT2D eigenvalue weighted by Crippen LogP contribution is -2.28. The fourth-order valence-corrected chi connectivity index (χ4v) is 4.80. The highest BCUT2D eigenvalue weighted by Crippen LogP contribution is 2.21. The molecular weight excluding hydrogens is 412 g/mol. The Hall–Kier alpha value is -3.08. The molecule has 0 aliphatic carbocycles. The van der Waals surface area contributed by atoms with Gasteiger partial charge in [-0.2, -0.15) is 4.31 Å². The molecule has 1 fully saturated rings. The molecule has 2 aromatic rings.